The van der Waals surface area contributed by atoms with Crippen molar-refractivity contribution in [1.82, 2.24) is 4.90 Å². The quantitative estimate of drug-likeness (QED) is 0.871. The zero-order valence-corrected chi connectivity index (χ0v) is 13.4. The van der Waals surface area contributed by atoms with Gasteiger partial charge in [-0.3, -0.25) is 4.79 Å². The lowest BCUT2D eigenvalue weighted by Crippen LogP contribution is -2.47. The van der Waals surface area contributed by atoms with Gasteiger partial charge in [0.15, 0.2) is 0 Å². The molecule has 0 saturated carbocycles. The number of benzene rings is 1. The zero-order valence-electron chi connectivity index (χ0n) is 11.8. The van der Waals surface area contributed by atoms with Gasteiger partial charge in [0.2, 0.25) is 5.91 Å². The van der Waals surface area contributed by atoms with Crippen molar-refractivity contribution >= 4 is 29.3 Å². The molecule has 110 valence electrons. The smallest absolute Gasteiger partial charge is 0.235 e. The van der Waals surface area contributed by atoms with E-state index in [1.165, 1.54) is 0 Å². The highest BCUT2D eigenvalue weighted by atomic mass is 35.5. The van der Waals surface area contributed by atoms with E-state index in [0.717, 1.165) is 4.90 Å². The molecule has 20 heavy (non-hydrogen) atoms. The van der Waals surface area contributed by atoms with Gasteiger partial charge in [0.25, 0.3) is 0 Å². The van der Waals surface area contributed by atoms with Gasteiger partial charge in [-0.15, -0.1) is 11.8 Å². The molecule has 1 aliphatic rings. The summed E-state index contributed by atoms with van der Waals surface area (Å²) in [5.74, 6) is 0.139. The maximum absolute atomic E-state index is 12.4. The van der Waals surface area contributed by atoms with Crippen LogP contribution >= 0.6 is 23.4 Å². The van der Waals surface area contributed by atoms with Crippen molar-refractivity contribution in [3.8, 4) is 0 Å². The molecule has 0 radical (unpaired) electrons. The molecule has 1 heterocycles. The summed E-state index contributed by atoms with van der Waals surface area (Å²) in [4.78, 5) is 15.3. The van der Waals surface area contributed by atoms with Crippen LogP contribution in [0.25, 0.3) is 0 Å². The summed E-state index contributed by atoms with van der Waals surface area (Å²) in [7, 11) is 0. The van der Waals surface area contributed by atoms with Crippen molar-refractivity contribution in [3.05, 3.63) is 29.3 Å². The van der Waals surface area contributed by atoms with Crippen LogP contribution in [-0.2, 0) is 4.79 Å². The third-order valence-electron chi connectivity index (χ3n) is 3.63. The highest BCUT2D eigenvalue weighted by Gasteiger charge is 2.31. The molecule has 5 heteroatoms. The van der Waals surface area contributed by atoms with Gasteiger partial charge >= 0.3 is 0 Å². The molecule has 2 rings (SSSR count). The average molecular weight is 314 g/mol. The van der Waals surface area contributed by atoms with Crippen LogP contribution in [0.15, 0.2) is 29.2 Å². The molecule has 1 N–H and O–H groups in total. The molecule has 1 amide bonds. The maximum atomic E-state index is 12.4. The van der Waals surface area contributed by atoms with E-state index in [1.54, 1.807) is 11.8 Å². The van der Waals surface area contributed by atoms with Gasteiger partial charge in [-0.05, 0) is 51.0 Å². The van der Waals surface area contributed by atoms with Crippen molar-refractivity contribution in [2.24, 2.45) is 0 Å². The third-order valence-corrected chi connectivity index (χ3v) is 4.98. The predicted molar refractivity (Wildman–Crippen MR) is 83.2 cm³/mol. The normalized spacial score (nSPS) is 19.7. The van der Waals surface area contributed by atoms with Crippen molar-refractivity contribution < 1.29 is 9.90 Å². The largest absolute Gasteiger partial charge is 0.390 e. The lowest BCUT2D eigenvalue weighted by molar-refractivity contribution is -0.134. The lowest BCUT2D eigenvalue weighted by atomic mass is 9.94. The fourth-order valence-corrected chi connectivity index (χ4v) is 3.31. The van der Waals surface area contributed by atoms with E-state index in [0.29, 0.717) is 31.0 Å². The van der Waals surface area contributed by atoms with E-state index < -0.39 is 5.60 Å². The summed E-state index contributed by atoms with van der Waals surface area (Å²) >= 11 is 7.39. The summed E-state index contributed by atoms with van der Waals surface area (Å²) in [5, 5.41) is 10.5. The number of thioether (sulfide) groups is 1. The number of hydrogen-bond donors (Lipinski definition) is 1. The molecule has 1 aliphatic heterocycles. The molecule has 1 aromatic rings. The minimum Gasteiger partial charge on any atom is -0.390 e. The van der Waals surface area contributed by atoms with E-state index in [9.17, 15) is 9.90 Å². The van der Waals surface area contributed by atoms with Crippen LogP contribution < -0.4 is 0 Å². The zero-order chi connectivity index (χ0) is 14.8. The molecular formula is C15H20ClNO2S. The van der Waals surface area contributed by atoms with Crippen LogP contribution in [-0.4, -0.2) is 39.9 Å². The topological polar surface area (TPSA) is 40.5 Å². The molecule has 0 aliphatic carbocycles. The van der Waals surface area contributed by atoms with Gasteiger partial charge in [0.1, 0.15) is 0 Å². The molecule has 3 nitrogen and oxygen atoms in total. The van der Waals surface area contributed by atoms with Gasteiger partial charge < -0.3 is 10.0 Å². The first-order chi connectivity index (χ1) is 9.37. The van der Waals surface area contributed by atoms with E-state index in [-0.39, 0.29) is 11.2 Å². The Kier molecular flexibility index (Phi) is 4.99. The van der Waals surface area contributed by atoms with Crippen LogP contribution in [0.4, 0.5) is 0 Å². The second kappa shape index (κ2) is 6.37. The number of likely N-dealkylation sites (tertiary alicyclic amines) is 1. The number of hydrogen-bond acceptors (Lipinski definition) is 3. The predicted octanol–water partition coefficient (Wildman–Crippen LogP) is 3.19. The summed E-state index contributed by atoms with van der Waals surface area (Å²) in [5.41, 5.74) is -0.622. The molecule has 1 saturated heterocycles. The first kappa shape index (κ1) is 15.7. The molecule has 1 aromatic carbocycles. The van der Waals surface area contributed by atoms with Crippen molar-refractivity contribution in [2.45, 2.75) is 42.4 Å². The Labute approximate surface area is 129 Å². The number of piperidine rings is 1. The summed E-state index contributed by atoms with van der Waals surface area (Å²) in [6, 6.07) is 7.52. The number of aliphatic hydroxyl groups is 1. The molecule has 1 fully saturated rings. The van der Waals surface area contributed by atoms with E-state index in [1.807, 2.05) is 43.0 Å². The minimum absolute atomic E-state index is 0.126. The Balaban J connectivity index is 1.90. The van der Waals surface area contributed by atoms with Gasteiger partial charge in [0.05, 0.1) is 10.9 Å². The number of nitrogens with zero attached hydrogens (tertiary/aromatic N) is 1. The monoisotopic (exact) mass is 313 g/mol. The van der Waals surface area contributed by atoms with Crippen LogP contribution in [0.3, 0.4) is 0 Å². The second-order valence-corrected chi connectivity index (χ2v) is 7.39. The first-order valence-electron chi connectivity index (χ1n) is 6.81. The van der Waals surface area contributed by atoms with E-state index in [2.05, 4.69) is 0 Å². The van der Waals surface area contributed by atoms with Gasteiger partial charge in [-0.1, -0.05) is 11.6 Å². The number of rotatable bonds is 3. The van der Waals surface area contributed by atoms with Crippen LogP contribution in [0.1, 0.15) is 26.7 Å². The van der Waals surface area contributed by atoms with Crippen molar-refractivity contribution in [1.29, 1.82) is 0 Å². The van der Waals surface area contributed by atoms with Crippen LogP contribution in [0, 0.1) is 0 Å². The fourth-order valence-electron chi connectivity index (χ4n) is 2.23. The van der Waals surface area contributed by atoms with E-state index in [4.69, 9.17) is 11.6 Å². The molecule has 0 aromatic heterocycles. The second-order valence-electron chi connectivity index (χ2n) is 5.54. The van der Waals surface area contributed by atoms with Crippen molar-refractivity contribution in [3.63, 3.8) is 0 Å². The Hall–Kier alpha value is -0.710. The Morgan fingerprint density at radius 3 is 2.45 bits per heavy atom. The van der Waals surface area contributed by atoms with Crippen LogP contribution in [0.2, 0.25) is 5.02 Å². The number of amides is 1. The summed E-state index contributed by atoms with van der Waals surface area (Å²) < 4.78 is 0. The third kappa shape index (κ3) is 4.14. The molecular weight excluding hydrogens is 294 g/mol. The Morgan fingerprint density at radius 1 is 1.35 bits per heavy atom. The first-order valence-corrected chi connectivity index (χ1v) is 8.06. The Bertz CT molecular complexity index is 465. The van der Waals surface area contributed by atoms with Gasteiger partial charge in [0, 0.05) is 23.0 Å². The highest BCUT2D eigenvalue weighted by Crippen LogP contribution is 2.28. The molecule has 1 atom stereocenters. The summed E-state index contributed by atoms with van der Waals surface area (Å²) in [6.07, 6.45) is 1.30. The van der Waals surface area contributed by atoms with Gasteiger partial charge in [-0.25, -0.2) is 0 Å². The Morgan fingerprint density at radius 2 is 1.90 bits per heavy atom. The lowest BCUT2D eigenvalue weighted by Gasteiger charge is -2.36. The summed E-state index contributed by atoms with van der Waals surface area (Å²) in [6.45, 7) is 5.03. The number of carbonyl (C=O) groups excluding carboxylic acids is 1. The standard InChI is InChI=1S/C15H20ClNO2S/c1-11(20-13-5-3-12(16)4-6-13)14(18)17-9-7-15(2,19)8-10-17/h3-6,11,19H,7-10H2,1-2H3. The minimum atomic E-state index is -0.622. The van der Waals surface area contributed by atoms with Crippen LogP contribution in [0.5, 0.6) is 0 Å². The number of carbonyl (C=O) groups is 1. The van der Waals surface area contributed by atoms with E-state index >= 15 is 0 Å². The number of halogens is 1. The maximum Gasteiger partial charge on any atom is 0.235 e. The molecule has 0 spiro atoms. The molecule has 1 unspecified atom stereocenters. The van der Waals surface area contributed by atoms with Gasteiger partial charge in [-0.2, -0.15) is 0 Å². The highest BCUT2D eigenvalue weighted by molar-refractivity contribution is 8.00. The molecule has 0 bridgehead atoms. The fraction of sp³-hybridized carbons (Fsp3) is 0.533. The average Bonchev–Trinajstić information content (AvgIpc) is 2.40. The SMILES string of the molecule is CC(Sc1ccc(Cl)cc1)C(=O)N1CCC(C)(O)CC1. The van der Waals surface area contributed by atoms with Crippen molar-refractivity contribution in [2.75, 3.05) is 13.1 Å².